The van der Waals surface area contributed by atoms with Crippen LogP contribution in [0.5, 0.6) is 0 Å². The standard InChI is InChI=1S/C27H37ClFNO3S/c1-3-4-5-11-23(31)20-10-6-8-18(17-20)13-15-21-19(14-16-22(21)28)9-7-12-24-30-26(29)25(34-24)27(32)33-2/h6,8,10,17,19,21-23,31H,3-5,7,9,11-16H2,1-2H3/t19-,21+,22?,23?/m0/s1. The number of ether oxygens (including phenoxy) is 1. The zero-order chi connectivity index (χ0) is 24.5. The largest absolute Gasteiger partial charge is 0.465 e. The maximum atomic E-state index is 13.9. The highest BCUT2D eigenvalue weighted by atomic mass is 35.5. The first-order valence-electron chi connectivity index (χ1n) is 12.6. The Morgan fingerprint density at radius 3 is 2.85 bits per heavy atom. The van der Waals surface area contributed by atoms with E-state index in [1.807, 2.05) is 12.1 Å². The summed E-state index contributed by atoms with van der Waals surface area (Å²) in [6, 6.07) is 8.37. The number of carbonyl (C=O) groups is 1. The maximum absolute atomic E-state index is 13.9. The van der Waals surface area contributed by atoms with Crippen molar-refractivity contribution in [2.45, 2.75) is 89.0 Å². The van der Waals surface area contributed by atoms with E-state index in [9.17, 15) is 14.3 Å². The van der Waals surface area contributed by atoms with Crippen LogP contribution in [0.2, 0.25) is 0 Å². The van der Waals surface area contributed by atoms with Gasteiger partial charge in [0, 0.05) is 5.38 Å². The van der Waals surface area contributed by atoms with Gasteiger partial charge < -0.3 is 9.84 Å². The van der Waals surface area contributed by atoms with Gasteiger partial charge >= 0.3 is 5.97 Å². The summed E-state index contributed by atoms with van der Waals surface area (Å²) in [5.41, 5.74) is 2.27. The number of alkyl halides is 1. The number of aromatic nitrogens is 1. The Hall–Kier alpha value is -1.50. The lowest BCUT2D eigenvalue weighted by Crippen LogP contribution is -2.16. The minimum Gasteiger partial charge on any atom is -0.465 e. The number of aryl methyl sites for hydroxylation is 2. The lowest BCUT2D eigenvalue weighted by atomic mass is 9.86. The highest BCUT2D eigenvalue weighted by Crippen LogP contribution is 2.41. The summed E-state index contributed by atoms with van der Waals surface area (Å²) in [6.07, 6.45) is 10.5. The average molecular weight is 510 g/mol. The van der Waals surface area contributed by atoms with Crippen molar-refractivity contribution in [1.29, 1.82) is 0 Å². The molecular weight excluding hydrogens is 473 g/mol. The number of halogens is 2. The predicted molar refractivity (Wildman–Crippen MR) is 136 cm³/mol. The van der Waals surface area contributed by atoms with Crippen LogP contribution >= 0.6 is 22.9 Å². The van der Waals surface area contributed by atoms with Crippen LogP contribution in [0.3, 0.4) is 0 Å². The quantitative estimate of drug-likeness (QED) is 0.175. The molecule has 7 heteroatoms. The van der Waals surface area contributed by atoms with Crippen molar-refractivity contribution >= 4 is 28.9 Å². The van der Waals surface area contributed by atoms with Crippen LogP contribution in [-0.4, -0.2) is 28.5 Å². The molecule has 1 N–H and O–H groups in total. The van der Waals surface area contributed by atoms with Crippen LogP contribution in [0, 0.1) is 17.8 Å². The predicted octanol–water partition coefficient (Wildman–Crippen LogP) is 7.27. The van der Waals surface area contributed by atoms with Gasteiger partial charge in [0.25, 0.3) is 0 Å². The van der Waals surface area contributed by atoms with Crippen molar-refractivity contribution in [1.82, 2.24) is 4.98 Å². The molecule has 1 saturated carbocycles. The SMILES string of the molecule is CCCCCC(O)c1cccc(CC[C@H]2C(Cl)CC[C@@H]2CCCc2nc(F)c(C(=O)OC)s2)c1. The van der Waals surface area contributed by atoms with E-state index >= 15 is 0 Å². The normalized spacial score (nSPS) is 21.0. The van der Waals surface area contributed by atoms with E-state index in [1.165, 1.54) is 12.7 Å². The summed E-state index contributed by atoms with van der Waals surface area (Å²) in [5, 5.41) is 11.3. The number of carbonyl (C=O) groups excluding carboxylic acids is 1. The minimum atomic E-state index is -0.732. The first-order chi connectivity index (χ1) is 16.4. The molecule has 3 rings (SSSR count). The molecule has 0 aliphatic heterocycles. The van der Waals surface area contributed by atoms with Crippen LogP contribution in [0.15, 0.2) is 24.3 Å². The van der Waals surface area contributed by atoms with Crippen molar-refractivity contribution < 1.29 is 19.0 Å². The van der Waals surface area contributed by atoms with Gasteiger partial charge in [0.15, 0.2) is 4.88 Å². The smallest absolute Gasteiger partial charge is 0.352 e. The van der Waals surface area contributed by atoms with E-state index in [1.54, 1.807) is 0 Å². The Balaban J connectivity index is 1.50. The summed E-state index contributed by atoms with van der Waals surface area (Å²) < 4.78 is 18.5. The Labute approximate surface area is 211 Å². The van der Waals surface area contributed by atoms with Gasteiger partial charge in [0.1, 0.15) is 0 Å². The molecule has 1 fully saturated rings. The monoisotopic (exact) mass is 509 g/mol. The van der Waals surface area contributed by atoms with Crippen LogP contribution in [0.1, 0.15) is 96.6 Å². The van der Waals surface area contributed by atoms with E-state index in [2.05, 4.69) is 28.8 Å². The number of aliphatic hydroxyl groups is 1. The lowest BCUT2D eigenvalue weighted by Gasteiger charge is -2.22. The van der Waals surface area contributed by atoms with Gasteiger partial charge in [-0.05, 0) is 74.3 Å². The zero-order valence-corrected chi connectivity index (χ0v) is 21.8. The molecule has 34 heavy (non-hydrogen) atoms. The first-order valence-corrected chi connectivity index (χ1v) is 13.8. The molecule has 2 unspecified atom stereocenters. The van der Waals surface area contributed by atoms with Crippen molar-refractivity contribution in [2.75, 3.05) is 7.11 Å². The van der Waals surface area contributed by atoms with Crippen LogP contribution in [0.25, 0.3) is 0 Å². The number of hydrogen-bond donors (Lipinski definition) is 1. The Bertz CT molecular complexity index is 921. The third kappa shape index (κ3) is 7.50. The third-order valence-corrected chi connectivity index (χ3v) is 8.65. The van der Waals surface area contributed by atoms with E-state index in [0.29, 0.717) is 23.3 Å². The second-order valence-corrected chi connectivity index (χ2v) is 11.1. The van der Waals surface area contributed by atoms with Crippen LogP contribution < -0.4 is 0 Å². The van der Waals surface area contributed by atoms with E-state index in [0.717, 1.165) is 81.1 Å². The summed E-state index contributed by atoms with van der Waals surface area (Å²) in [4.78, 5) is 15.5. The molecule has 1 aliphatic carbocycles. The number of nitrogens with zero attached hydrogens (tertiary/aromatic N) is 1. The van der Waals surface area contributed by atoms with E-state index in [4.69, 9.17) is 11.6 Å². The second-order valence-electron chi connectivity index (χ2n) is 9.42. The average Bonchev–Trinajstić information content (AvgIpc) is 3.39. The van der Waals surface area contributed by atoms with Crippen LogP contribution in [0.4, 0.5) is 4.39 Å². The number of unbranched alkanes of at least 4 members (excludes halogenated alkanes) is 2. The number of methoxy groups -OCH3 is 1. The van der Waals surface area contributed by atoms with Gasteiger partial charge in [-0.3, -0.25) is 0 Å². The first kappa shape index (κ1) is 27.1. The number of esters is 1. The molecule has 0 radical (unpaired) electrons. The molecule has 188 valence electrons. The Morgan fingerprint density at radius 1 is 1.26 bits per heavy atom. The molecule has 0 spiro atoms. The molecule has 0 saturated heterocycles. The fourth-order valence-electron chi connectivity index (χ4n) is 5.10. The lowest BCUT2D eigenvalue weighted by molar-refractivity contribution is 0.0601. The number of hydrogen-bond acceptors (Lipinski definition) is 5. The second kappa shape index (κ2) is 13.6. The zero-order valence-electron chi connectivity index (χ0n) is 20.3. The summed E-state index contributed by atoms with van der Waals surface area (Å²) >= 11 is 7.80. The molecular formula is C27H37ClFNO3S. The van der Waals surface area contributed by atoms with Crippen molar-refractivity contribution in [3.63, 3.8) is 0 Å². The fourth-order valence-corrected chi connectivity index (χ4v) is 6.46. The molecule has 2 aromatic rings. The topological polar surface area (TPSA) is 59.4 Å². The van der Waals surface area contributed by atoms with Gasteiger partial charge in [-0.2, -0.15) is 4.39 Å². The molecule has 1 aliphatic rings. The van der Waals surface area contributed by atoms with Gasteiger partial charge in [0.2, 0.25) is 5.95 Å². The van der Waals surface area contributed by atoms with Crippen molar-refractivity contribution in [3.05, 3.63) is 51.2 Å². The Morgan fingerprint density at radius 2 is 2.09 bits per heavy atom. The summed E-state index contributed by atoms with van der Waals surface area (Å²) in [5.74, 6) is -0.391. The fraction of sp³-hybridized carbons (Fsp3) is 0.630. The van der Waals surface area contributed by atoms with Crippen LogP contribution in [-0.2, 0) is 17.6 Å². The van der Waals surface area contributed by atoms with Gasteiger partial charge in [-0.15, -0.1) is 22.9 Å². The summed E-state index contributed by atoms with van der Waals surface area (Å²) in [6.45, 7) is 2.17. The van der Waals surface area contributed by atoms with Gasteiger partial charge in [-0.1, -0.05) is 50.5 Å². The highest BCUT2D eigenvalue weighted by molar-refractivity contribution is 7.13. The molecule has 4 nitrogen and oxygen atoms in total. The van der Waals surface area contributed by atoms with E-state index in [-0.39, 0.29) is 16.4 Å². The number of aliphatic hydroxyl groups excluding tert-OH is 1. The van der Waals surface area contributed by atoms with Gasteiger partial charge in [-0.25, -0.2) is 9.78 Å². The van der Waals surface area contributed by atoms with Crippen molar-refractivity contribution in [3.8, 4) is 0 Å². The Kier molecular flexibility index (Phi) is 10.8. The third-order valence-electron chi connectivity index (χ3n) is 7.03. The molecule has 0 bridgehead atoms. The molecule has 1 aromatic carbocycles. The molecule has 0 amide bonds. The maximum Gasteiger partial charge on any atom is 0.352 e. The number of thiazole rings is 1. The van der Waals surface area contributed by atoms with Gasteiger partial charge in [0.05, 0.1) is 18.2 Å². The number of rotatable bonds is 13. The highest BCUT2D eigenvalue weighted by Gasteiger charge is 2.34. The van der Waals surface area contributed by atoms with E-state index < -0.39 is 11.9 Å². The van der Waals surface area contributed by atoms with Crippen molar-refractivity contribution in [2.24, 2.45) is 11.8 Å². The minimum absolute atomic E-state index is 0.0465. The molecule has 4 atom stereocenters. The molecule has 1 aromatic heterocycles. The number of benzene rings is 1. The molecule has 1 heterocycles. The summed E-state index contributed by atoms with van der Waals surface area (Å²) in [7, 11) is 1.25.